The second kappa shape index (κ2) is 6.97. The Morgan fingerprint density at radius 2 is 2.11 bits per heavy atom. The van der Waals surface area contributed by atoms with Crippen LogP contribution in [0.3, 0.4) is 0 Å². The van der Waals surface area contributed by atoms with Crippen LogP contribution >= 0.6 is 0 Å². The van der Waals surface area contributed by atoms with Gasteiger partial charge in [-0.05, 0) is 25.3 Å². The predicted octanol–water partition coefficient (Wildman–Crippen LogP) is 2.99. The van der Waals surface area contributed by atoms with Crippen molar-refractivity contribution in [3.8, 4) is 0 Å². The number of anilines is 2. The SMILES string of the molecule is CC(C)CCCC(C)Nc1nccc(C(=O)O)c1N. The quantitative estimate of drug-likeness (QED) is 0.705. The fraction of sp³-hybridized carbons (Fsp3) is 0.571. The third kappa shape index (κ3) is 4.77. The minimum Gasteiger partial charge on any atom is -0.478 e. The molecule has 1 unspecified atom stereocenters. The van der Waals surface area contributed by atoms with Gasteiger partial charge in [-0.15, -0.1) is 0 Å². The molecule has 106 valence electrons. The molecular formula is C14H23N3O2. The number of hydrogen-bond acceptors (Lipinski definition) is 4. The summed E-state index contributed by atoms with van der Waals surface area (Å²) in [6.45, 7) is 6.46. The lowest BCUT2D eigenvalue weighted by Crippen LogP contribution is -2.18. The van der Waals surface area contributed by atoms with Gasteiger partial charge in [0, 0.05) is 12.2 Å². The van der Waals surface area contributed by atoms with Crippen LogP contribution in [0.15, 0.2) is 12.3 Å². The zero-order valence-corrected chi connectivity index (χ0v) is 11.8. The highest BCUT2D eigenvalue weighted by atomic mass is 16.4. The van der Waals surface area contributed by atoms with Crippen molar-refractivity contribution in [1.29, 1.82) is 0 Å². The predicted molar refractivity (Wildman–Crippen MR) is 77.4 cm³/mol. The van der Waals surface area contributed by atoms with Gasteiger partial charge in [-0.25, -0.2) is 9.78 Å². The van der Waals surface area contributed by atoms with Crippen LogP contribution in [0, 0.1) is 5.92 Å². The van der Waals surface area contributed by atoms with Crippen LogP contribution in [-0.4, -0.2) is 22.1 Å². The Kier molecular flexibility index (Phi) is 5.60. The second-order valence-corrected chi connectivity index (χ2v) is 5.30. The number of aromatic nitrogens is 1. The standard InChI is InChI=1S/C14H23N3O2/c1-9(2)5-4-6-10(3)17-13-12(15)11(14(18)19)7-8-16-13/h7-10H,4-6,15H2,1-3H3,(H,16,17)(H,18,19). The maximum absolute atomic E-state index is 11.0. The molecule has 1 atom stereocenters. The van der Waals surface area contributed by atoms with Crippen molar-refractivity contribution >= 4 is 17.5 Å². The summed E-state index contributed by atoms with van der Waals surface area (Å²) in [5, 5.41) is 12.2. The summed E-state index contributed by atoms with van der Waals surface area (Å²) in [7, 11) is 0. The summed E-state index contributed by atoms with van der Waals surface area (Å²) in [6.07, 6.45) is 4.79. The van der Waals surface area contributed by atoms with Crippen molar-refractivity contribution in [2.75, 3.05) is 11.1 Å². The number of carboxylic acid groups (broad SMARTS) is 1. The number of pyridine rings is 1. The maximum Gasteiger partial charge on any atom is 0.337 e. The molecule has 0 saturated carbocycles. The van der Waals surface area contributed by atoms with Crippen LogP contribution in [-0.2, 0) is 0 Å². The van der Waals surface area contributed by atoms with E-state index < -0.39 is 5.97 Å². The summed E-state index contributed by atoms with van der Waals surface area (Å²) in [6, 6.07) is 1.63. The zero-order valence-electron chi connectivity index (χ0n) is 11.8. The molecule has 5 heteroatoms. The minimum atomic E-state index is -1.03. The van der Waals surface area contributed by atoms with E-state index in [1.807, 2.05) is 0 Å². The molecule has 0 aromatic carbocycles. The number of carboxylic acids is 1. The number of hydrogen-bond donors (Lipinski definition) is 3. The second-order valence-electron chi connectivity index (χ2n) is 5.30. The normalized spacial score (nSPS) is 12.4. The number of nitrogens with two attached hydrogens (primary N) is 1. The molecule has 4 N–H and O–H groups in total. The van der Waals surface area contributed by atoms with Crippen molar-refractivity contribution in [2.24, 2.45) is 5.92 Å². The molecule has 0 radical (unpaired) electrons. The molecule has 0 spiro atoms. The Bertz CT molecular complexity index is 433. The van der Waals surface area contributed by atoms with E-state index in [1.165, 1.54) is 18.7 Å². The van der Waals surface area contributed by atoms with E-state index in [9.17, 15) is 4.79 Å². The molecule has 5 nitrogen and oxygen atoms in total. The van der Waals surface area contributed by atoms with Crippen LogP contribution in [0.2, 0.25) is 0 Å². The Morgan fingerprint density at radius 1 is 1.42 bits per heavy atom. The van der Waals surface area contributed by atoms with Gasteiger partial charge in [0.05, 0.1) is 11.3 Å². The molecule has 1 aromatic heterocycles. The lowest BCUT2D eigenvalue weighted by molar-refractivity contribution is 0.0698. The monoisotopic (exact) mass is 265 g/mol. The summed E-state index contributed by atoms with van der Waals surface area (Å²) < 4.78 is 0. The highest BCUT2D eigenvalue weighted by molar-refractivity contribution is 5.96. The van der Waals surface area contributed by atoms with E-state index in [1.54, 1.807) is 0 Å². The van der Waals surface area contributed by atoms with Crippen molar-refractivity contribution in [3.05, 3.63) is 17.8 Å². The molecule has 0 aliphatic heterocycles. The number of carbonyl (C=O) groups is 1. The number of nitrogens with one attached hydrogen (secondary N) is 1. The van der Waals surface area contributed by atoms with Gasteiger partial charge in [-0.2, -0.15) is 0 Å². The van der Waals surface area contributed by atoms with Gasteiger partial charge >= 0.3 is 5.97 Å². The number of rotatable bonds is 7. The zero-order chi connectivity index (χ0) is 14.4. The highest BCUT2D eigenvalue weighted by Gasteiger charge is 2.13. The Labute approximate surface area is 114 Å². The molecule has 0 bridgehead atoms. The summed E-state index contributed by atoms with van der Waals surface area (Å²) in [5.74, 6) is 0.123. The van der Waals surface area contributed by atoms with Crippen molar-refractivity contribution in [3.63, 3.8) is 0 Å². The van der Waals surface area contributed by atoms with E-state index in [0.717, 1.165) is 12.8 Å². The molecule has 0 aliphatic carbocycles. The number of aromatic carboxylic acids is 1. The minimum absolute atomic E-state index is 0.0897. The molecule has 0 aliphatic rings. The first-order valence-corrected chi connectivity index (χ1v) is 6.66. The van der Waals surface area contributed by atoms with Crippen LogP contribution < -0.4 is 11.1 Å². The third-order valence-corrected chi connectivity index (χ3v) is 3.02. The van der Waals surface area contributed by atoms with Gasteiger partial charge in [-0.1, -0.05) is 26.7 Å². The number of nitrogen functional groups attached to an aromatic ring is 1. The largest absolute Gasteiger partial charge is 0.478 e. The van der Waals surface area contributed by atoms with E-state index in [-0.39, 0.29) is 17.3 Å². The van der Waals surface area contributed by atoms with Gasteiger partial charge in [0.2, 0.25) is 0 Å². The third-order valence-electron chi connectivity index (χ3n) is 3.02. The Hall–Kier alpha value is -1.78. The first-order valence-electron chi connectivity index (χ1n) is 6.66. The first kappa shape index (κ1) is 15.3. The van der Waals surface area contributed by atoms with Crippen LogP contribution in [0.5, 0.6) is 0 Å². The van der Waals surface area contributed by atoms with Crippen LogP contribution in [0.4, 0.5) is 11.5 Å². The molecule has 0 amide bonds. The number of nitrogens with zero attached hydrogens (tertiary/aromatic N) is 1. The maximum atomic E-state index is 11.0. The Morgan fingerprint density at radius 3 is 2.68 bits per heavy atom. The fourth-order valence-electron chi connectivity index (χ4n) is 1.91. The van der Waals surface area contributed by atoms with Gasteiger partial charge in [0.1, 0.15) is 5.82 Å². The topological polar surface area (TPSA) is 88.2 Å². The molecule has 0 saturated heterocycles. The van der Waals surface area contributed by atoms with Crippen molar-refractivity contribution in [2.45, 2.75) is 46.1 Å². The first-order chi connectivity index (χ1) is 8.91. The van der Waals surface area contributed by atoms with E-state index in [4.69, 9.17) is 10.8 Å². The van der Waals surface area contributed by atoms with E-state index in [0.29, 0.717) is 11.7 Å². The average Bonchev–Trinajstić information content (AvgIpc) is 2.31. The van der Waals surface area contributed by atoms with Gasteiger partial charge in [0.15, 0.2) is 0 Å². The van der Waals surface area contributed by atoms with Gasteiger partial charge in [-0.3, -0.25) is 0 Å². The van der Waals surface area contributed by atoms with Gasteiger partial charge < -0.3 is 16.2 Å². The van der Waals surface area contributed by atoms with E-state index in [2.05, 4.69) is 31.1 Å². The summed E-state index contributed by atoms with van der Waals surface area (Å²) in [4.78, 5) is 15.1. The molecular weight excluding hydrogens is 242 g/mol. The average molecular weight is 265 g/mol. The summed E-state index contributed by atoms with van der Waals surface area (Å²) >= 11 is 0. The molecule has 1 rings (SSSR count). The summed E-state index contributed by atoms with van der Waals surface area (Å²) in [5.41, 5.74) is 6.09. The van der Waals surface area contributed by atoms with Gasteiger partial charge in [0.25, 0.3) is 0 Å². The van der Waals surface area contributed by atoms with Crippen molar-refractivity contribution in [1.82, 2.24) is 4.98 Å². The smallest absolute Gasteiger partial charge is 0.337 e. The molecule has 0 fully saturated rings. The fourth-order valence-corrected chi connectivity index (χ4v) is 1.91. The highest BCUT2D eigenvalue weighted by Crippen LogP contribution is 2.21. The molecule has 19 heavy (non-hydrogen) atoms. The molecule has 1 heterocycles. The van der Waals surface area contributed by atoms with Crippen molar-refractivity contribution < 1.29 is 9.90 Å². The van der Waals surface area contributed by atoms with Crippen LogP contribution in [0.25, 0.3) is 0 Å². The van der Waals surface area contributed by atoms with E-state index >= 15 is 0 Å². The van der Waals surface area contributed by atoms with Crippen LogP contribution in [0.1, 0.15) is 50.4 Å². The molecule has 1 aromatic rings. The lowest BCUT2D eigenvalue weighted by atomic mass is 10.0. The Balaban J connectivity index is 2.61. The lowest BCUT2D eigenvalue weighted by Gasteiger charge is -2.17.